The smallest absolute Gasteiger partial charge is 0.312 e. The molecule has 0 saturated carbocycles. The van der Waals surface area contributed by atoms with Crippen molar-refractivity contribution in [3.05, 3.63) is 35.4 Å². The van der Waals surface area contributed by atoms with E-state index in [-0.39, 0.29) is 5.56 Å². The van der Waals surface area contributed by atoms with Crippen molar-refractivity contribution >= 4 is 0 Å². The Morgan fingerprint density at radius 2 is 2.00 bits per heavy atom. The van der Waals surface area contributed by atoms with Crippen LogP contribution in [0.1, 0.15) is 17.2 Å². The first-order valence-electron chi connectivity index (χ1n) is 3.77. The van der Waals surface area contributed by atoms with Crippen LogP contribution in [0.15, 0.2) is 24.3 Å². The van der Waals surface area contributed by atoms with Gasteiger partial charge in [0, 0.05) is 0 Å². The standard InChI is InChI=1S/C9H7F3N2/c10-9(11,12)7-3-1-2-6(4-7)8(14)5-13/h1-4,8H,14H2/t8-/m1/s1. The van der Waals surface area contributed by atoms with E-state index >= 15 is 0 Å². The molecule has 5 heteroatoms. The van der Waals surface area contributed by atoms with Crippen molar-refractivity contribution in [2.24, 2.45) is 5.73 Å². The van der Waals surface area contributed by atoms with Gasteiger partial charge in [0.25, 0.3) is 0 Å². The van der Waals surface area contributed by atoms with Crippen LogP contribution in [0.2, 0.25) is 0 Å². The first-order valence-corrected chi connectivity index (χ1v) is 3.77. The van der Waals surface area contributed by atoms with Crippen LogP contribution < -0.4 is 5.73 Å². The molecular formula is C9H7F3N2. The van der Waals surface area contributed by atoms with Gasteiger partial charge in [-0.2, -0.15) is 18.4 Å². The molecule has 2 nitrogen and oxygen atoms in total. The van der Waals surface area contributed by atoms with Crippen LogP contribution in [0.4, 0.5) is 13.2 Å². The van der Waals surface area contributed by atoms with E-state index in [4.69, 9.17) is 11.0 Å². The molecule has 1 aromatic carbocycles. The van der Waals surface area contributed by atoms with Crippen molar-refractivity contribution in [1.82, 2.24) is 0 Å². The molecule has 2 N–H and O–H groups in total. The molecule has 0 bridgehead atoms. The van der Waals surface area contributed by atoms with E-state index in [1.807, 2.05) is 0 Å². The monoisotopic (exact) mass is 200 g/mol. The van der Waals surface area contributed by atoms with Gasteiger partial charge in [0.05, 0.1) is 11.6 Å². The third-order valence-electron chi connectivity index (χ3n) is 1.71. The number of hydrogen-bond acceptors (Lipinski definition) is 2. The topological polar surface area (TPSA) is 49.8 Å². The summed E-state index contributed by atoms with van der Waals surface area (Å²) < 4.78 is 36.6. The number of hydrogen-bond donors (Lipinski definition) is 1. The van der Waals surface area contributed by atoms with Gasteiger partial charge in [-0.3, -0.25) is 0 Å². The van der Waals surface area contributed by atoms with E-state index in [0.29, 0.717) is 0 Å². The number of nitriles is 1. The molecule has 0 heterocycles. The molecule has 0 fully saturated rings. The summed E-state index contributed by atoms with van der Waals surface area (Å²) >= 11 is 0. The lowest BCUT2D eigenvalue weighted by atomic mass is 10.1. The van der Waals surface area contributed by atoms with E-state index in [2.05, 4.69) is 0 Å². The maximum absolute atomic E-state index is 12.2. The molecular weight excluding hydrogens is 193 g/mol. The Labute approximate surface area is 78.8 Å². The van der Waals surface area contributed by atoms with Gasteiger partial charge in [-0.05, 0) is 17.7 Å². The molecule has 0 unspecified atom stereocenters. The Hall–Kier alpha value is -1.54. The molecule has 1 aromatic rings. The highest BCUT2D eigenvalue weighted by atomic mass is 19.4. The fourth-order valence-corrected chi connectivity index (χ4v) is 0.983. The number of nitrogens with zero attached hydrogens (tertiary/aromatic N) is 1. The molecule has 0 aliphatic heterocycles. The zero-order valence-corrected chi connectivity index (χ0v) is 7.05. The summed E-state index contributed by atoms with van der Waals surface area (Å²) in [5.41, 5.74) is 4.66. The maximum atomic E-state index is 12.2. The number of alkyl halides is 3. The second-order valence-electron chi connectivity index (χ2n) is 2.73. The average Bonchev–Trinajstić information content (AvgIpc) is 2.15. The Balaban J connectivity index is 3.09. The molecule has 0 radical (unpaired) electrons. The van der Waals surface area contributed by atoms with Gasteiger partial charge in [-0.15, -0.1) is 0 Å². The Morgan fingerprint density at radius 3 is 2.50 bits per heavy atom. The second kappa shape index (κ2) is 3.68. The Kier molecular flexibility index (Phi) is 2.77. The molecule has 0 amide bonds. The minimum Gasteiger partial charge on any atom is -0.312 e. The summed E-state index contributed by atoms with van der Waals surface area (Å²) in [6, 6.07) is 5.10. The second-order valence-corrected chi connectivity index (χ2v) is 2.73. The van der Waals surface area contributed by atoms with Crippen molar-refractivity contribution < 1.29 is 13.2 Å². The summed E-state index contributed by atoms with van der Waals surface area (Å²) in [7, 11) is 0. The van der Waals surface area contributed by atoms with Crippen molar-refractivity contribution in [3.63, 3.8) is 0 Å². The molecule has 14 heavy (non-hydrogen) atoms. The van der Waals surface area contributed by atoms with Crippen LogP contribution in [0.25, 0.3) is 0 Å². The van der Waals surface area contributed by atoms with E-state index in [1.54, 1.807) is 6.07 Å². The summed E-state index contributed by atoms with van der Waals surface area (Å²) in [4.78, 5) is 0. The lowest BCUT2D eigenvalue weighted by molar-refractivity contribution is -0.137. The molecule has 0 spiro atoms. The molecule has 0 aliphatic carbocycles. The average molecular weight is 200 g/mol. The van der Waals surface area contributed by atoms with Gasteiger partial charge < -0.3 is 5.73 Å². The molecule has 0 saturated heterocycles. The normalized spacial score (nSPS) is 13.4. The molecule has 1 atom stereocenters. The Morgan fingerprint density at radius 1 is 1.36 bits per heavy atom. The van der Waals surface area contributed by atoms with Gasteiger partial charge in [0.1, 0.15) is 6.04 Å². The van der Waals surface area contributed by atoms with Crippen LogP contribution in [0, 0.1) is 11.3 Å². The van der Waals surface area contributed by atoms with Gasteiger partial charge in [0.15, 0.2) is 0 Å². The van der Waals surface area contributed by atoms with Crippen LogP contribution in [-0.4, -0.2) is 0 Å². The van der Waals surface area contributed by atoms with Crippen LogP contribution >= 0.6 is 0 Å². The van der Waals surface area contributed by atoms with E-state index < -0.39 is 17.8 Å². The molecule has 74 valence electrons. The SMILES string of the molecule is N#C[C@@H](N)c1cccc(C(F)(F)F)c1. The quantitative estimate of drug-likeness (QED) is 0.755. The highest BCUT2D eigenvalue weighted by Crippen LogP contribution is 2.30. The van der Waals surface area contributed by atoms with E-state index in [0.717, 1.165) is 12.1 Å². The largest absolute Gasteiger partial charge is 0.416 e. The zero-order valence-electron chi connectivity index (χ0n) is 7.05. The van der Waals surface area contributed by atoms with Crippen LogP contribution in [0.3, 0.4) is 0 Å². The summed E-state index contributed by atoms with van der Waals surface area (Å²) in [6.07, 6.45) is -4.40. The number of rotatable bonds is 1. The third kappa shape index (κ3) is 2.24. The number of benzene rings is 1. The van der Waals surface area contributed by atoms with Crippen LogP contribution in [0.5, 0.6) is 0 Å². The van der Waals surface area contributed by atoms with Crippen molar-refractivity contribution in [1.29, 1.82) is 5.26 Å². The van der Waals surface area contributed by atoms with Gasteiger partial charge in [-0.25, -0.2) is 0 Å². The van der Waals surface area contributed by atoms with E-state index in [1.165, 1.54) is 12.1 Å². The summed E-state index contributed by atoms with van der Waals surface area (Å²) in [6.45, 7) is 0. The predicted octanol–water partition coefficient (Wildman–Crippen LogP) is 2.23. The highest BCUT2D eigenvalue weighted by Gasteiger charge is 2.30. The van der Waals surface area contributed by atoms with Gasteiger partial charge in [-0.1, -0.05) is 12.1 Å². The maximum Gasteiger partial charge on any atom is 0.416 e. The van der Waals surface area contributed by atoms with Crippen molar-refractivity contribution in [3.8, 4) is 6.07 Å². The zero-order chi connectivity index (χ0) is 10.8. The lowest BCUT2D eigenvalue weighted by Crippen LogP contribution is -2.10. The molecule has 0 aromatic heterocycles. The number of nitrogens with two attached hydrogens (primary N) is 1. The van der Waals surface area contributed by atoms with Crippen LogP contribution in [-0.2, 0) is 6.18 Å². The van der Waals surface area contributed by atoms with Crippen molar-refractivity contribution in [2.45, 2.75) is 12.2 Å². The minimum absolute atomic E-state index is 0.169. The van der Waals surface area contributed by atoms with Gasteiger partial charge >= 0.3 is 6.18 Å². The first-order chi connectivity index (χ1) is 6.45. The highest BCUT2D eigenvalue weighted by molar-refractivity contribution is 5.30. The van der Waals surface area contributed by atoms with E-state index in [9.17, 15) is 13.2 Å². The fourth-order valence-electron chi connectivity index (χ4n) is 0.983. The summed E-state index contributed by atoms with van der Waals surface area (Å²) in [5.74, 6) is 0. The Bertz CT molecular complexity index is 365. The molecule has 0 aliphatic rings. The predicted molar refractivity (Wildman–Crippen MR) is 44.0 cm³/mol. The van der Waals surface area contributed by atoms with Gasteiger partial charge in [0.2, 0.25) is 0 Å². The fraction of sp³-hybridized carbons (Fsp3) is 0.222. The first kappa shape index (κ1) is 10.5. The lowest BCUT2D eigenvalue weighted by Gasteiger charge is -2.09. The van der Waals surface area contributed by atoms with Crippen molar-refractivity contribution in [2.75, 3.05) is 0 Å². The third-order valence-corrected chi connectivity index (χ3v) is 1.71. The number of halogens is 3. The minimum atomic E-state index is -4.40. The molecule has 1 rings (SSSR count). The summed E-state index contributed by atoms with van der Waals surface area (Å²) in [5, 5.41) is 8.43.